The number of amides is 3. The molecular formula is C20H24N4O2. The highest BCUT2D eigenvalue weighted by Gasteiger charge is 2.29. The minimum Gasteiger partial charge on any atom is -0.338 e. The normalized spacial score (nSPS) is 14.3. The summed E-state index contributed by atoms with van der Waals surface area (Å²) in [5.74, 6) is 0.280. The molecule has 6 nitrogen and oxygen atoms in total. The van der Waals surface area contributed by atoms with Crippen LogP contribution in [-0.4, -0.2) is 23.5 Å². The maximum atomic E-state index is 12.0. The Morgan fingerprint density at radius 3 is 2.62 bits per heavy atom. The van der Waals surface area contributed by atoms with Crippen molar-refractivity contribution in [2.75, 3.05) is 11.9 Å². The number of nitrogens with one attached hydrogen (secondary N) is 3. The summed E-state index contributed by atoms with van der Waals surface area (Å²) in [5.41, 5.74) is 2.86. The summed E-state index contributed by atoms with van der Waals surface area (Å²) < 4.78 is 0. The number of carbonyl (C=O) groups excluding carboxylic acids is 2. The van der Waals surface area contributed by atoms with Gasteiger partial charge in [-0.15, -0.1) is 0 Å². The molecule has 26 heavy (non-hydrogen) atoms. The fourth-order valence-electron chi connectivity index (χ4n) is 2.64. The lowest BCUT2D eigenvalue weighted by Gasteiger charge is -2.16. The number of hydrogen-bond acceptors (Lipinski definition) is 3. The number of rotatable bonds is 7. The molecular weight excluding hydrogens is 328 g/mol. The van der Waals surface area contributed by atoms with Gasteiger partial charge in [-0.25, -0.2) is 4.79 Å². The van der Waals surface area contributed by atoms with Crippen LogP contribution < -0.4 is 16.0 Å². The van der Waals surface area contributed by atoms with E-state index in [0.29, 0.717) is 6.54 Å². The lowest BCUT2D eigenvalue weighted by Crippen LogP contribution is -2.38. The highest BCUT2D eigenvalue weighted by atomic mass is 16.2. The smallest absolute Gasteiger partial charge is 0.315 e. The Labute approximate surface area is 153 Å². The second kappa shape index (κ2) is 8.47. The van der Waals surface area contributed by atoms with Gasteiger partial charge in [0.1, 0.15) is 0 Å². The molecule has 136 valence electrons. The molecule has 3 rings (SSSR count). The van der Waals surface area contributed by atoms with Crippen LogP contribution in [-0.2, 0) is 11.2 Å². The molecule has 2 aromatic rings. The highest BCUT2D eigenvalue weighted by molar-refractivity contribution is 5.94. The lowest BCUT2D eigenvalue weighted by molar-refractivity contribution is -0.117. The number of aromatic nitrogens is 1. The zero-order valence-electron chi connectivity index (χ0n) is 14.9. The Bertz CT molecular complexity index is 742. The third kappa shape index (κ3) is 5.31. The van der Waals surface area contributed by atoms with Crippen LogP contribution in [0.25, 0.3) is 0 Å². The summed E-state index contributed by atoms with van der Waals surface area (Å²) in [4.78, 5) is 27.8. The Balaban J connectivity index is 1.42. The Morgan fingerprint density at radius 1 is 1.19 bits per heavy atom. The minimum atomic E-state index is -0.201. The zero-order chi connectivity index (χ0) is 18.4. The maximum absolute atomic E-state index is 12.0. The Morgan fingerprint density at radius 2 is 1.96 bits per heavy atom. The summed E-state index contributed by atoms with van der Waals surface area (Å²) in [6.45, 7) is 2.48. The van der Waals surface area contributed by atoms with Crippen LogP contribution in [0.5, 0.6) is 0 Å². The second-order valence-corrected chi connectivity index (χ2v) is 6.62. The van der Waals surface area contributed by atoms with Crippen molar-refractivity contribution in [3.63, 3.8) is 0 Å². The van der Waals surface area contributed by atoms with Crippen LogP contribution >= 0.6 is 0 Å². The molecule has 1 aliphatic rings. The monoisotopic (exact) mass is 352 g/mol. The van der Waals surface area contributed by atoms with Crippen molar-refractivity contribution in [1.82, 2.24) is 15.6 Å². The van der Waals surface area contributed by atoms with Gasteiger partial charge in [-0.2, -0.15) is 0 Å². The highest BCUT2D eigenvalue weighted by Crippen LogP contribution is 2.30. The van der Waals surface area contributed by atoms with E-state index in [-0.39, 0.29) is 23.9 Å². The van der Waals surface area contributed by atoms with Crippen LogP contribution in [0.1, 0.15) is 36.9 Å². The molecule has 3 N–H and O–H groups in total. The van der Waals surface area contributed by atoms with E-state index in [0.717, 1.165) is 36.1 Å². The van der Waals surface area contributed by atoms with E-state index < -0.39 is 0 Å². The fourth-order valence-corrected chi connectivity index (χ4v) is 2.64. The predicted octanol–water partition coefficient (Wildman–Crippen LogP) is 3.03. The Hall–Kier alpha value is -2.89. The van der Waals surface area contributed by atoms with Crippen molar-refractivity contribution < 1.29 is 9.59 Å². The molecule has 0 aliphatic heterocycles. The first-order valence-electron chi connectivity index (χ1n) is 8.96. The summed E-state index contributed by atoms with van der Waals surface area (Å²) in [7, 11) is 0. The largest absolute Gasteiger partial charge is 0.338 e. The molecule has 0 unspecified atom stereocenters. The van der Waals surface area contributed by atoms with E-state index >= 15 is 0 Å². The lowest BCUT2D eigenvalue weighted by atomic mass is 10.1. The number of nitrogens with zero attached hydrogens (tertiary/aromatic N) is 1. The fraction of sp³-hybridized carbons (Fsp3) is 0.350. The van der Waals surface area contributed by atoms with Gasteiger partial charge in [0.25, 0.3) is 0 Å². The molecule has 0 bridgehead atoms. The average molecular weight is 352 g/mol. The summed E-state index contributed by atoms with van der Waals surface area (Å²) in [6, 6.07) is 11.1. The van der Waals surface area contributed by atoms with E-state index in [1.165, 1.54) is 0 Å². The van der Waals surface area contributed by atoms with Crippen molar-refractivity contribution in [3.8, 4) is 0 Å². The van der Waals surface area contributed by atoms with Crippen molar-refractivity contribution in [2.24, 2.45) is 5.92 Å². The number of carbonyl (C=O) groups is 2. The first-order valence-corrected chi connectivity index (χ1v) is 8.96. The molecule has 0 spiro atoms. The number of pyridine rings is 1. The number of anilines is 1. The molecule has 0 radical (unpaired) electrons. The molecule has 1 fully saturated rings. The van der Waals surface area contributed by atoms with Crippen LogP contribution in [0, 0.1) is 5.92 Å². The van der Waals surface area contributed by atoms with Gasteiger partial charge in [-0.05, 0) is 55.5 Å². The molecule has 1 aliphatic carbocycles. The van der Waals surface area contributed by atoms with Gasteiger partial charge in [-0.3, -0.25) is 9.78 Å². The minimum absolute atomic E-state index is 0.0944. The summed E-state index contributed by atoms with van der Waals surface area (Å²) >= 11 is 0. The van der Waals surface area contributed by atoms with E-state index in [4.69, 9.17) is 0 Å². The van der Waals surface area contributed by atoms with Crippen LogP contribution in [0.4, 0.5) is 10.5 Å². The maximum Gasteiger partial charge on any atom is 0.315 e. The quantitative estimate of drug-likeness (QED) is 0.716. The van der Waals surface area contributed by atoms with Gasteiger partial charge in [0.2, 0.25) is 5.91 Å². The molecule has 0 saturated heterocycles. The second-order valence-electron chi connectivity index (χ2n) is 6.62. The molecule has 1 aromatic heterocycles. The van der Waals surface area contributed by atoms with Gasteiger partial charge in [-0.1, -0.05) is 18.2 Å². The van der Waals surface area contributed by atoms with Crippen molar-refractivity contribution in [3.05, 3.63) is 59.9 Å². The van der Waals surface area contributed by atoms with Crippen molar-refractivity contribution in [2.45, 2.75) is 32.2 Å². The van der Waals surface area contributed by atoms with Crippen LogP contribution in [0.15, 0.2) is 48.8 Å². The standard InChI is InChI=1S/C20H24N4O2/c1-14(23-20(26)22-12-10-15-3-2-11-21-13-15)16-6-8-18(9-7-16)24-19(25)17-4-5-17/h2-3,6-9,11,13-14,17H,4-5,10,12H2,1H3,(H,24,25)(H2,22,23,26)/t14-/m1/s1. The van der Waals surface area contributed by atoms with Gasteiger partial charge in [0.15, 0.2) is 0 Å². The van der Waals surface area contributed by atoms with Gasteiger partial charge in [0.05, 0.1) is 6.04 Å². The summed E-state index contributed by atoms with van der Waals surface area (Å²) in [5, 5.41) is 8.68. The average Bonchev–Trinajstić information content (AvgIpc) is 3.48. The SMILES string of the molecule is C[C@@H](NC(=O)NCCc1cccnc1)c1ccc(NC(=O)C2CC2)cc1. The number of urea groups is 1. The van der Waals surface area contributed by atoms with E-state index in [2.05, 4.69) is 20.9 Å². The number of benzene rings is 1. The number of hydrogen-bond donors (Lipinski definition) is 3. The molecule has 6 heteroatoms. The van der Waals surface area contributed by atoms with E-state index in [1.807, 2.05) is 43.3 Å². The van der Waals surface area contributed by atoms with Gasteiger partial charge in [0, 0.05) is 30.5 Å². The van der Waals surface area contributed by atoms with Crippen molar-refractivity contribution >= 4 is 17.6 Å². The molecule has 1 heterocycles. The first kappa shape index (κ1) is 17.9. The zero-order valence-corrected chi connectivity index (χ0v) is 14.9. The third-order valence-electron chi connectivity index (χ3n) is 4.40. The Kier molecular flexibility index (Phi) is 5.84. The molecule has 1 aromatic carbocycles. The third-order valence-corrected chi connectivity index (χ3v) is 4.40. The van der Waals surface area contributed by atoms with E-state index in [1.54, 1.807) is 12.4 Å². The van der Waals surface area contributed by atoms with E-state index in [9.17, 15) is 9.59 Å². The predicted molar refractivity (Wildman–Crippen MR) is 101 cm³/mol. The summed E-state index contributed by atoms with van der Waals surface area (Å²) in [6.07, 6.45) is 6.24. The first-order chi connectivity index (χ1) is 12.6. The van der Waals surface area contributed by atoms with Gasteiger partial charge >= 0.3 is 6.03 Å². The van der Waals surface area contributed by atoms with Crippen LogP contribution in [0.2, 0.25) is 0 Å². The molecule has 1 saturated carbocycles. The molecule has 3 amide bonds. The molecule has 1 atom stereocenters. The topological polar surface area (TPSA) is 83.1 Å². The van der Waals surface area contributed by atoms with Gasteiger partial charge < -0.3 is 16.0 Å². The van der Waals surface area contributed by atoms with Crippen LogP contribution in [0.3, 0.4) is 0 Å². The van der Waals surface area contributed by atoms with Crippen molar-refractivity contribution in [1.29, 1.82) is 0 Å².